The minimum atomic E-state index is -0.260. The Labute approximate surface area is 118 Å². The molecule has 2 nitrogen and oxygen atoms in total. The molecule has 0 unspecified atom stereocenters. The van der Waals surface area contributed by atoms with Crippen molar-refractivity contribution in [3.8, 4) is 17.6 Å². The van der Waals surface area contributed by atoms with Gasteiger partial charge < -0.3 is 10.5 Å². The van der Waals surface area contributed by atoms with Crippen LogP contribution >= 0.6 is 0 Å². The molecule has 102 valence electrons. The minimum Gasteiger partial charge on any atom is -0.489 e. The summed E-state index contributed by atoms with van der Waals surface area (Å²) in [5, 5.41) is 0. The molecular formula is C17H16FNO. The first-order chi connectivity index (χ1) is 9.70. The lowest BCUT2D eigenvalue weighted by atomic mass is 10.1. The molecule has 2 aromatic carbocycles. The lowest BCUT2D eigenvalue weighted by Crippen LogP contribution is -2.00. The van der Waals surface area contributed by atoms with Gasteiger partial charge in [-0.15, -0.1) is 0 Å². The Kier molecular flexibility index (Phi) is 4.75. The molecule has 0 saturated heterocycles. The Balaban J connectivity index is 2.14. The summed E-state index contributed by atoms with van der Waals surface area (Å²) < 4.78 is 18.8. The van der Waals surface area contributed by atoms with Crippen molar-refractivity contribution in [1.82, 2.24) is 0 Å². The van der Waals surface area contributed by atoms with Gasteiger partial charge in [-0.25, -0.2) is 4.39 Å². The second-order valence-corrected chi connectivity index (χ2v) is 4.36. The van der Waals surface area contributed by atoms with Crippen LogP contribution < -0.4 is 10.5 Å². The molecule has 0 bridgehead atoms. The summed E-state index contributed by atoms with van der Waals surface area (Å²) in [6.45, 7) is 2.53. The van der Waals surface area contributed by atoms with E-state index in [1.54, 1.807) is 6.07 Å². The topological polar surface area (TPSA) is 35.2 Å². The van der Waals surface area contributed by atoms with Crippen LogP contribution in [0.15, 0.2) is 42.5 Å². The smallest absolute Gasteiger partial charge is 0.123 e. The number of aryl methyl sites for hydroxylation is 1. The first kappa shape index (κ1) is 14.1. The van der Waals surface area contributed by atoms with Gasteiger partial charge in [0.25, 0.3) is 0 Å². The van der Waals surface area contributed by atoms with E-state index < -0.39 is 0 Å². The fourth-order valence-electron chi connectivity index (χ4n) is 1.84. The van der Waals surface area contributed by atoms with Crippen molar-refractivity contribution in [3.63, 3.8) is 0 Å². The second kappa shape index (κ2) is 6.74. The zero-order valence-electron chi connectivity index (χ0n) is 11.3. The van der Waals surface area contributed by atoms with E-state index >= 15 is 0 Å². The van der Waals surface area contributed by atoms with Gasteiger partial charge in [0.1, 0.15) is 18.2 Å². The van der Waals surface area contributed by atoms with Crippen LogP contribution in [0, 0.1) is 24.6 Å². The first-order valence-corrected chi connectivity index (χ1v) is 6.36. The molecule has 0 radical (unpaired) electrons. The Morgan fingerprint density at radius 3 is 2.75 bits per heavy atom. The third kappa shape index (κ3) is 3.59. The summed E-state index contributed by atoms with van der Waals surface area (Å²) in [4.78, 5) is 0. The van der Waals surface area contributed by atoms with Gasteiger partial charge in [0.2, 0.25) is 0 Å². The minimum absolute atomic E-state index is 0.260. The van der Waals surface area contributed by atoms with Crippen LogP contribution in [0.5, 0.6) is 5.75 Å². The molecule has 0 spiro atoms. The van der Waals surface area contributed by atoms with Crippen molar-refractivity contribution in [2.45, 2.75) is 13.5 Å². The summed E-state index contributed by atoms with van der Waals surface area (Å²) >= 11 is 0. The zero-order valence-corrected chi connectivity index (χ0v) is 11.3. The third-order valence-electron chi connectivity index (χ3n) is 2.86. The molecule has 0 fully saturated rings. The highest BCUT2D eigenvalue weighted by Crippen LogP contribution is 2.20. The fourth-order valence-corrected chi connectivity index (χ4v) is 1.84. The lowest BCUT2D eigenvalue weighted by Gasteiger charge is -2.10. The highest BCUT2D eigenvalue weighted by molar-refractivity contribution is 5.41. The van der Waals surface area contributed by atoms with Crippen LogP contribution in [0.4, 0.5) is 4.39 Å². The van der Waals surface area contributed by atoms with Gasteiger partial charge in [0.15, 0.2) is 0 Å². The summed E-state index contributed by atoms with van der Waals surface area (Å²) in [6.07, 6.45) is 0. The Morgan fingerprint density at radius 1 is 1.20 bits per heavy atom. The second-order valence-electron chi connectivity index (χ2n) is 4.36. The zero-order chi connectivity index (χ0) is 14.4. The van der Waals surface area contributed by atoms with E-state index in [4.69, 9.17) is 10.5 Å². The van der Waals surface area contributed by atoms with Gasteiger partial charge in [-0.05, 0) is 36.8 Å². The van der Waals surface area contributed by atoms with Crippen LogP contribution in [0.2, 0.25) is 0 Å². The van der Waals surface area contributed by atoms with E-state index in [-0.39, 0.29) is 5.82 Å². The van der Waals surface area contributed by atoms with Crippen LogP contribution in [0.25, 0.3) is 0 Å². The summed E-state index contributed by atoms with van der Waals surface area (Å²) in [6, 6.07) is 12.2. The first-order valence-electron chi connectivity index (χ1n) is 6.36. The predicted molar refractivity (Wildman–Crippen MR) is 77.8 cm³/mol. The molecule has 0 amide bonds. The van der Waals surface area contributed by atoms with Crippen molar-refractivity contribution in [1.29, 1.82) is 0 Å². The quantitative estimate of drug-likeness (QED) is 0.869. The molecule has 2 N–H and O–H groups in total. The van der Waals surface area contributed by atoms with Gasteiger partial charge in [-0.3, -0.25) is 0 Å². The van der Waals surface area contributed by atoms with Gasteiger partial charge in [0.05, 0.1) is 6.54 Å². The Morgan fingerprint density at radius 2 is 2.00 bits per heavy atom. The Bertz CT molecular complexity index is 656. The average Bonchev–Trinajstić information content (AvgIpc) is 2.45. The van der Waals surface area contributed by atoms with E-state index in [0.717, 1.165) is 16.7 Å². The molecule has 0 heterocycles. The van der Waals surface area contributed by atoms with E-state index in [9.17, 15) is 4.39 Å². The Hall–Kier alpha value is -2.31. The van der Waals surface area contributed by atoms with Crippen molar-refractivity contribution in [3.05, 3.63) is 65.0 Å². The average molecular weight is 269 g/mol. The summed E-state index contributed by atoms with van der Waals surface area (Å²) in [7, 11) is 0. The van der Waals surface area contributed by atoms with Crippen LogP contribution in [-0.2, 0) is 6.61 Å². The van der Waals surface area contributed by atoms with Crippen LogP contribution in [0.1, 0.15) is 16.7 Å². The molecule has 20 heavy (non-hydrogen) atoms. The number of rotatable bonds is 3. The molecule has 3 heteroatoms. The maximum atomic E-state index is 13.0. The maximum absolute atomic E-state index is 13.0. The lowest BCUT2D eigenvalue weighted by molar-refractivity contribution is 0.303. The van der Waals surface area contributed by atoms with Gasteiger partial charge >= 0.3 is 0 Å². The number of benzene rings is 2. The molecule has 2 rings (SSSR count). The molecule has 0 atom stereocenters. The third-order valence-corrected chi connectivity index (χ3v) is 2.86. The molecule has 0 aliphatic carbocycles. The number of hydrogen-bond donors (Lipinski definition) is 1. The van der Waals surface area contributed by atoms with Crippen molar-refractivity contribution in [2.75, 3.05) is 6.54 Å². The number of halogens is 1. The van der Waals surface area contributed by atoms with E-state index in [1.165, 1.54) is 12.1 Å². The van der Waals surface area contributed by atoms with Gasteiger partial charge in [0, 0.05) is 11.1 Å². The fraction of sp³-hybridized carbons (Fsp3) is 0.176. The van der Waals surface area contributed by atoms with E-state index in [1.807, 2.05) is 31.2 Å². The van der Waals surface area contributed by atoms with E-state index in [0.29, 0.717) is 18.9 Å². The van der Waals surface area contributed by atoms with Crippen LogP contribution in [-0.4, -0.2) is 6.54 Å². The molecule has 2 aromatic rings. The SMILES string of the molecule is Cc1cc(F)ccc1OCc1ccccc1C#CCN. The monoisotopic (exact) mass is 269 g/mol. The molecule has 0 aliphatic heterocycles. The number of nitrogens with two attached hydrogens (primary N) is 1. The highest BCUT2D eigenvalue weighted by Gasteiger charge is 2.04. The van der Waals surface area contributed by atoms with Crippen molar-refractivity contribution >= 4 is 0 Å². The molecule has 0 aromatic heterocycles. The van der Waals surface area contributed by atoms with Crippen molar-refractivity contribution < 1.29 is 9.13 Å². The number of ether oxygens (including phenoxy) is 1. The molecular weight excluding hydrogens is 253 g/mol. The van der Waals surface area contributed by atoms with Crippen molar-refractivity contribution in [2.24, 2.45) is 5.73 Å². The summed E-state index contributed by atoms with van der Waals surface area (Å²) in [5.74, 6) is 6.27. The standard InChI is InChI=1S/C17H16FNO/c1-13-11-16(18)8-9-17(13)20-12-15-6-3-2-5-14(15)7-4-10-19/h2-3,5-6,8-9,11H,10,12,19H2,1H3. The predicted octanol–water partition coefficient (Wildman–Crippen LogP) is 3.02. The highest BCUT2D eigenvalue weighted by atomic mass is 19.1. The van der Waals surface area contributed by atoms with Gasteiger partial charge in [-0.2, -0.15) is 0 Å². The summed E-state index contributed by atoms with van der Waals surface area (Å²) in [5.41, 5.74) is 8.04. The van der Waals surface area contributed by atoms with E-state index in [2.05, 4.69) is 11.8 Å². The number of hydrogen-bond acceptors (Lipinski definition) is 2. The maximum Gasteiger partial charge on any atom is 0.123 e. The molecule has 0 saturated carbocycles. The van der Waals surface area contributed by atoms with Crippen LogP contribution in [0.3, 0.4) is 0 Å². The largest absolute Gasteiger partial charge is 0.489 e. The molecule has 0 aliphatic rings. The normalized spacial score (nSPS) is 9.75. The van der Waals surface area contributed by atoms with Gasteiger partial charge in [-0.1, -0.05) is 30.0 Å².